The number of hydrogen-bond acceptors (Lipinski definition) is 4. The molecule has 0 spiro atoms. The van der Waals surface area contributed by atoms with Gasteiger partial charge in [0, 0.05) is 0 Å². The zero-order valence-electron chi connectivity index (χ0n) is 7.92. The van der Waals surface area contributed by atoms with Crippen molar-refractivity contribution >= 4 is 42.5 Å². The van der Waals surface area contributed by atoms with E-state index in [1.54, 1.807) is 7.05 Å². The summed E-state index contributed by atoms with van der Waals surface area (Å²) in [5.41, 5.74) is 0. The summed E-state index contributed by atoms with van der Waals surface area (Å²) in [6.07, 6.45) is 0. The quantitative estimate of drug-likeness (QED) is 0.210. The Balaban J connectivity index is 3.60. The second kappa shape index (κ2) is 6.26. The Morgan fingerprint density at radius 3 is 2.14 bits per heavy atom. The maximum atomic E-state index is 9.04. The van der Waals surface area contributed by atoms with Gasteiger partial charge < -0.3 is 0 Å². The van der Waals surface area contributed by atoms with Crippen molar-refractivity contribution in [3.63, 3.8) is 0 Å². The van der Waals surface area contributed by atoms with E-state index in [1.807, 2.05) is 0 Å². The predicted molar refractivity (Wildman–Crippen MR) is 67.2 cm³/mol. The summed E-state index contributed by atoms with van der Waals surface area (Å²) >= 11 is 9.58. The third kappa shape index (κ3) is 8.33. The minimum absolute atomic E-state index is 0.176. The van der Waals surface area contributed by atoms with E-state index in [4.69, 9.17) is 34.2 Å². The monoisotopic (exact) mass is 258 g/mol. The first-order valence-corrected chi connectivity index (χ1v) is 7.02. The Morgan fingerprint density at radius 1 is 1.21 bits per heavy atom. The first-order chi connectivity index (χ1) is 6.35. The summed E-state index contributed by atoms with van der Waals surface area (Å²) in [5, 5.41) is 11.2. The summed E-state index contributed by atoms with van der Waals surface area (Å²) in [6, 6.07) is 0. The normalized spacial score (nSPS) is 11.4. The molecule has 0 aliphatic heterocycles. The van der Waals surface area contributed by atoms with Gasteiger partial charge in [-0.3, -0.25) is 0 Å². The molecule has 0 aromatic carbocycles. The molecule has 0 rings (SSSR count). The van der Waals surface area contributed by atoms with Gasteiger partial charge in [-0.25, -0.2) is 0 Å². The van der Waals surface area contributed by atoms with Crippen LogP contribution in [0.3, 0.4) is 0 Å². The first kappa shape index (κ1) is 13.7. The van der Waals surface area contributed by atoms with Crippen molar-refractivity contribution in [3.05, 3.63) is 0 Å². The van der Waals surface area contributed by atoms with Crippen LogP contribution >= 0.6 is 32.3 Å². The van der Waals surface area contributed by atoms with E-state index >= 15 is 0 Å². The molecule has 0 aromatic rings. The van der Waals surface area contributed by atoms with Crippen LogP contribution in [-0.2, 0) is 0 Å². The molecule has 0 fully saturated rings. The van der Waals surface area contributed by atoms with Crippen molar-refractivity contribution < 1.29 is 9.79 Å². The number of thiocarbonyl (C=S) groups is 2. The van der Waals surface area contributed by atoms with Crippen molar-refractivity contribution in [1.82, 2.24) is 21.0 Å². The van der Waals surface area contributed by atoms with Crippen molar-refractivity contribution in [2.45, 2.75) is 0 Å². The van der Waals surface area contributed by atoms with Gasteiger partial charge in [0.25, 0.3) is 0 Å². The van der Waals surface area contributed by atoms with Crippen molar-refractivity contribution in [1.29, 1.82) is 0 Å². The molecule has 6 N–H and O–H groups in total. The summed E-state index contributed by atoms with van der Waals surface area (Å²) in [6.45, 7) is 1.61. The molecule has 0 saturated heterocycles. The molecule has 6 nitrogen and oxygen atoms in total. The third-order valence-electron chi connectivity index (χ3n) is 1.08. The number of nitrogens with one attached hydrogen (secondary N) is 4. The van der Waals surface area contributed by atoms with Crippen molar-refractivity contribution in [2.75, 3.05) is 20.4 Å². The van der Waals surface area contributed by atoms with Crippen molar-refractivity contribution in [2.24, 2.45) is 0 Å². The average molecular weight is 258 g/mol. The molecule has 0 radical (unpaired) electrons. The molecular weight excluding hydrogens is 243 g/mol. The van der Waals surface area contributed by atoms with Gasteiger partial charge in [0.05, 0.1) is 0 Å². The van der Waals surface area contributed by atoms with Crippen LogP contribution < -0.4 is 21.0 Å². The molecule has 0 bridgehead atoms. The van der Waals surface area contributed by atoms with E-state index < -0.39 is 7.87 Å². The summed E-state index contributed by atoms with van der Waals surface area (Å²) in [5.74, 6) is 0. The number of hydrogen-bond donors (Lipinski definition) is 6. The second-order valence-electron chi connectivity index (χ2n) is 2.58. The molecule has 0 amide bonds. The van der Waals surface area contributed by atoms with Crippen LogP contribution in [0.4, 0.5) is 0 Å². The van der Waals surface area contributed by atoms with E-state index in [9.17, 15) is 0 Å². The standard InChI is InChI=1S/C5H15N4O2PS2/c1-6-4(13)7-3-8-5(14)9-12(2,10)11/h10-12H,3H2,1-2H3,(H2,6,7,13)(H2,8,9,14). The van der Waals surface area contributed by atoms with Crippen LogP contribution in [0.15, 0.2) is 0 Å². The van der Waals surface area contributed by atoms with Crippen LogP contribution in [0.25, 0.3) is 0 Å². The van der Waals surface area contributed by atoms with Gasteiger partial charge in [-0.05, 0) is 0 Å². The first-order valence-electron chi connectivity index (χ1n) is 3.81. The molecule has 0 heterocycles. The summed E-state index contributed by atoms with van der Waals surface area (Å²) < 4.78 is 0. The Kier molecular flexibility index (Phi) is 6.14. The maximum absolute atomic E-state index is 9.04. The molecule has 84 valence electrons. The predicted octanol–water partition coefficient (Wildman–Crippen LogP) is -1.39. The Hall–Kier alpha value is -0.270. The average Bonchev–Trinajstić information content (AvgIpc) is 2.00. The Morgan fingerprint density at radius 2 is 1.71 bits per heavy atom. The Labute approximate surface area is 94.0 Å². The van der Waals surface area contributed by atoms with Crippen LogP contribution in [0.5, 0.6) is 0 Å². The van der Waals surface area contributed by atoms with E-state index in [2.05, 4.69) is 21.0 Å². The molecule has 14 heavy (non-hydrogen) atoms. The van der Waals surface area contributed by atoms with Gasteiger partial charge in [-0.15, -0.1) is 0 Å². The van der Waals surface area contributed by atoms with Crippen LogP contribution in [0.2, 0.25) is 0 Å². The Bertz CT molecular complexity index is 220. The van der Waals surface area contributed by atoms with Gasteiger partial charge in [-0.1, -0.05) is 0 Å². The third-order valence-corrected chi connectivity index (χ3v) is 2.57. The van der Waals surface area contributed by atoms with Gasteiger partial charge in [0.15, 0.2) is 0 Å². The molecular formula is C5H15N4O2PS2. The van der Waals surface area contributed by atoms with Crippen molar-refractivity contribution in [3.8, 4) is 0 Å². The van der Waals surface area contributed by atoms with E-state index in [1.165, 1.54) is 6.66 Å². The molecule has 0 aliphatic rings. The van der Waals surface area contributed by atoms with E-state index in [0.29, 0.717) is 11.8 Å². The zero-order valence-corrected chi connectivity index (χ0v) is 10.6. The summed E-state index contributed by atoms with van der Waals surface area (Å²) in [4.78, 5) is 18.1. The zero-order chi connectivity index (χ0) is 11.2. The molecule has 0 atom stereocenters. The SMILES string of the molecule is CNC(=S)NCNC(=S)N[PH](C)(O)O. The van der Waals surface area contributed by atoms with Crippen LogP contribution in [-0.4, -0.2) is 40.4 Å². The van der Waals surface area contributed by atoms with Gasteiger partial charge in [0.1, 0.15) is 0 Å². The molecule has 0 aromatic heterocycles. The molecule has 0 unspecified atom stereocenters. The fourth-order valence-electron chi connectivity index (χ4n) is 0.552. The van der Waals surface area contributed by atoms with Gasteiger partial charge >= 0.3 is 93.7 Å². The fourth-order valence-corrected chi connectivity index (χ4v) is 1.80. The molecule has 0 aliphatic carbocycles. The molecule has 9 heteroatoms. The fraction of sp³-hybridized carbons (Fsp3) is 0.600. The molecule has 0 saturated carbocycles. The van der Waals surface area contributed by atoms with Gasteiger partial charge in [-0.2, -0.15) is 0 Å². The van der Waals surface area contributed by atoms with E-state index in [0.717, 1.165) is 0 Å². The van der Waals surface area contributed by atoms with Crippen LogP contribution in [0.1, 0.15) is 0 Å². The minimum atomic E-state index is -3.34. The number of rotatable bonds is 3. The second-order valence-corrected chi connectivity index (χ2v) is 5.69. The topological polar surface area (TPSA) is 88.6 Å². The van der Waals surface area contributed by atoms with Crippen LogP contribution in [0, 0.1) is 0 Å². The summed E-state index contributed by atoms with van der Waals surface area (Å²) in [7, 11) is -1.64. The van der Waals surface area contributed by atoms with E-state index in [-0.39, 0.29) is 5.11 Å². The van der Waals surface area contributed by atoms with Gasteiger partial charge in [0.2, 0.25) is 0 Å².